The van der Waals surface area contributed by atoms with E-state index < -0.39 is 6.09 Å². The van der Waals surface area contributed by atoms with Gasteiger partial charge in [-0.05, 0) is 49.0 Å². The molecule has 1 aliphatic rings. The molecule has 0 bridgehead atoms. The van der Waals surface area contributed by atoms with E-state index in [1.807, 2.05) is 13.2 Å². The molecule has 0 fully saturated rings. The molecule has 3 aromatic rings. The van der Waals surface area contributed by atoms with Crippen molar-refractivity contribution < 1.29 is 18.7 Å². The number of rotatable bonds is 7. The number of amides is 2. The van der Waals surface area contributed by atoms with E-state index in [4.69, 9.17) is 9.15 Å². The Hall–Kier alpha value is -3.84. The Morgan fingerprint density at radius 2 is 2.36 bits per heavy atom. The first-order valence-electron chi connectivity index (χ1n) is 10.5. The highest BCUT2D eigenvalue weighted by Gasteiger charge is 2.27. The lowest BCUT2D eigenvalue weighted by Crippen LogP contribution is -2.27. The first-order chi connectivity index (χ1) is 16.0. The van der Waals surface area contributed by atoms with Gasteiger partial charge in [0.05, 0.1) is 24.6 Å². The Kier molecular flexibility index (Phi) is 6.90. The summed E-state index contributed by atoms with van der Waals surface area (Å²) in [4.78, 5) is 25.4. The number of thiophene rings is 1. The van der Waals surface area contributed by atoms with Gasteiger partial charge in [-0.15, -0.1) is 11.3 Å². The first kappa shape index (κ1) is 22.4. The number of fused-ring (bicyclic) bond motifs is 1. The fourth-order valence-corrected chi connectivity index (χ4v) is 5.00. The van der Waals surface area contributed by atoms with Crippen LogP contribution in [0.15, 0.2) is 41.3 Å². The van der Waals surface area contributed by atoms with Crippen LogP contribution in [0.3, 0.4) is 0 Å². The number of carbonyl (C=O) groups excluding carboxylic acids is 2. The SMILES string of the molecule is Cn1cc(CNC(=O)OCC2CCc3c(sc(NC(=O)C=Cc4ccco4)c3C#N)C2)cn1. The monoisotopic (exact) mass is 465 g/mol. The van der Waals surface area contributed by atoms with Crippen molar-refractivity contribution in [2.24, 2.45) is 13.0 Å². The van der Waals surface area contributed by atoms with Gasteiger partial charge >= 0.3 is 6.09 Å². The maximum atomic E-state index is 12.3. The van der Waals surface area contributed by atoms with E-state index in [0.717, 1.165) is 22.4 Å². The Balaban J connectivity index is 1.31. The third-order valence-electron chi connectivity index (χ3n) is 5.30. The van der Waals surface area contributed by atoms with E-state index in [1.165, 1.54) is 23.7 Å². The fraction of sp³-hybridized carbons (Fsp3) is 0.304. The van der Waals surface area contributed by atoms with Gasteiger partial charge in [0.25, 0.3) is 0 Å². The normalized spacial score (nSPS) is 15.1. The zero-order chi connectivity index (χ0) is 23.2. The number of hydrogen-bond acceptors (Lipinski definition) is 7. The molecular formula is C23H23N5O4S. The van der Waals surface area contributed by atoms with E-state index in [2.05, 4.69) is 21.8 Å². The summed E-state index contributed by atoms with van der Waals surface area (Å²) < 4.78 is 12.2. The van der Waals surface area contributed by atoms with Gasteiger partial charge in [0.2, 0.25) is 5.91 Å². The van der Waals surface area contributed by atoms with Crippen molar-refractivity contribution >= 4 is 34.4 Å². The van der Waals surface area contributed by atoms with Gasteiger partial charge in [-0.1, -0.05) is 0 Å². The highest BCUT2D eigenvalue weighted by Crippen LogP contribution is 2.39. The van der Waals surface area contributed by atoms with Gasteiger partial charge in [0, 0.05) is 36.3 Å². The number of nitrogens with zero attached hydrogens (tertiary/aromatic N) is 3. The number of ether oxygens (including phenoxy) is 1. The maximum Gasteiger partial charge on any atom is 0.407 e. The summed E-state index contributed by atoms with van der Waals surface area (Å²) in [6.07, 6.45) is 9.74. The molecule has 3 aromatic heterocycles. The minimum absolute atomic E-state index is 0.161. The molecule has 4 rings (SSSR count). The highest BCUT2D eigenvalue weighted by atomic mass is 32.1. The van der Waals surface area contributed by atoms with Crippen LogP contribution in [0.5, 0.6) is 0 Å². The largest absolute Gasteiger partial charge is 0.465 e. The molecule has 0 spiro atoms. The molecule has 0 radical (unpaired) electrons. The van der Waals surface area contributed by atoms with Crippen LogP contribution in [0.4, 0.5) is 9.80 Å². The van der Waals surface area contributed by atoms with Crippen LogP contribution in [0.25, 0.3) is 6.08 Å². The molecule has 33 heavy (non-hydrogen) atoms. The average molecular weight is 466 g/mol. The van der Waals surface area contributed by atoms with Crippen molar-refractivity contribution in [1.82, 2.24) is 15.1 Å². The molecule has 2 N–H and O–H groups in total. The van der Waals surface area contributed by atoms with Crippen LogP contribution in [0.2, 0.25) is 0 Å². The molecule has 1 aliphatic carbocycles. The van der Waals surface area contributed by atoms with Gasteiger partial charge in [0.1, 0.15) is 16.8 Å². The zero-order valence-corrected chi connectivity index (χ0v) is 18.9. The number of aryl methyl sites for hydroxylation is 1. The molecule has 1 atom stereocenters. The molecular weight excluding hydrogens is 442 g/mol. The van der Waals surface area contributed by atoms with Crippen molar-refractivity contribution in [3.63, 3.8) is 0 Å². The third-order valence-corrected chi connectivity index (χ3v) is 6.47. The molecule has 1 unspecified atom stereocenters. The number of furan rings is 1. The summed E-state index contributed by atoms with van der Waals surface area (Å²) in [6, 6.07) is 5.71. The van der Waals surface area contributed by atoms with Crippen molar-refractivity contribution in [2.75, 3.05) is 11.9 Å². The van der Waals surface area contributed by atoms with Crippen molar-refractivity contribution in [2.45, 2.75) is 25.8 Å². The Labute approximate surface area is 194 Å². The molecule has 2 amide bonds. The topological polar surface area (TPSA) is 122 Å². The molecule has 0 saturated heterocycles. The van der Waals surface area contributed by atoms with Crippen LogP contribution in [0, 0.1) is 17.2 Å². The molecule has 9 nitrogen and oxygen atoms in total. The Morgan fingerprint density at radius 3 is 3.09 bits per heavy atom. The molecule has 170 valence electrons. The Morgan fingerprint density at radius 1 is 1.48 bits per heavy atom. The summed E-state index contributed by atoms with van der Waals surface area (Å²) in [5.74, 6) is 0.407. The van der Waals surface area contributed by atoms with Gasteiger partial charge in [0.15, 0.2) is 0 Å². The summed E-state index contributed by atoms with van der Waals surface area (Å²) in [6.45, 7) is 0.654. The molecule has 0 aliphatic heterocycles. The second-order valence-electron chi connectivity index (χ2n) is 7.74. The van der Waals surface area contributed by atoms with Crippen LogP contribution in [-0.4, -0.2) is 28.4 Å². The smallest absolute Gasteiger partial charge is 0.407 e. The summed E-state index contributed by atoms with van der Waals surface area (Å²) >= 11 is 1.41. The van der Waals surface area contributed by atoms with Crippen molar-refractivity contribution in [3.05, 3.63) is 64.2 Å². The average Bonchev–Trinajstić information content (AvgIpc) is 3.54. The van der Waals surface area contributed by atoms with E-state index in [0.29, 0.717) is 42.3 Å². The van der Waals surface area contributed by atoms with Gasteiger partial charge in [-0.2, -0.15) is 10.4 Å². The minimum Gasteiger partial charge on any atom is -0.465 e. The fourth-order valence-electron chi connectivity index (χ4n) is 3.68. The van der Waals surface area contributed by atoms with Crippen molar-refractivity contribution in [3.8, 4) is 6.07 Å². The van der Waals surface area contributed by atoms with E-state index in [1.54, 1.807) is 29.1 Å². The van der Waals surface area contributed by atoms with Gasteiger partial charge in [-0.25, -0.2) is 4.79 Å². The summed E-state index contributed by atoms with van der Waals surface area (Å²) in [7, 11) is 1.82. The number of nitrogens with one attached hydrogen (secondary N) is 2. The number of anilines is 1. The quantitative estimate of drug-likeness (QED) is 0.514. The van der Waals surface area contributed by atoms with E-state index in [9.17, 15) is 14.9 Å². The van der Waals surface area contributed by atoms with Crippen LogP contribution >= 0.6 is 11.3 Å². The van der Waals surface area contributed by atoms with Crippen LogP contribution in [0.1, 0.15) is 33.7 Å². The lowest BCUT2D eigenvalue weighted by molar-refractivity contribution is -0.111. The maximum absolute atomic E-state index is 12.3. The second kappa shape index (κ2) is 10.2. The summed E-state index contributed by atoms with van der Waals surface area (Å²) in [5, 5.41) is 19.8. The number of aromatic nitrogens is 2. The number of hydrogen-bond donors (Lipinski definition) is 2. The van der Waals surface area contributed by atoms with Crippen LogP contribution in [-0.2, 0) is 36.0 Å². The number of carbonyl (C=O) groups is 2. The van der Waals surface area contributed by atoms with Crippen LogP contribution < -0.4 is 10.6 Å². The first-order valence-corrected chi connectivity index (χ1v) is 11.3. The lowest BCUT2D eigenvalue weighted by Gasteiger charge is -2.21. The van der Waals surface area contributed by atoms with E-state index >= 15 is 0 Å². The third kappa shape index (κ3) is 5.70. The standard InChI is InChI=1S/C23H23N5O4S/c1-28-13-16(12-26-28)11-25-23(30)32-14-15-4-6-18-19(10-24)22(33-20(18)9-15)27-21(29)7-5-17-3-2-8-31-17/h2-3,5,7-8,12-13,15H,4,6,9,11,14H2,1H3,(H,25,30)(H,27,29). The minimum atomic E-state index is -0.468. The second-order valence-corrected chi connectivity index (χ2v) is 8.85. The predicted molar refractivity (Wildman–Crippen MR) is 122 cm³/mol. The Bertz CT molecular complexity index is 1200. The molecule has 10 heteroatoms. The molecule has 3 heterocycles. The molecule has 0 aromatic carbocycles. The van der Waals surface area contributed by atoms with E-state index in [-0.39, 0.29) is 11.8 Å². The number of alkyl carbamates (subject to hydrolysis) is 1. The lowest BCUT2D eigenvalue weighted by atomic mass is 9.88. The molecule has 0 saturated carbocycles. The van der Waals surface area contributed by atoms with Gasteiger partial charge in [-0.3, -0.25) is 9.48 Å². The number of nitriles is 1. The van der Waals surface area contributed by atoms with Crippen molar-refractivity contribution in [1.29, 1.82) is 5.26 Å². The highest BCUT2D eigenvalue weighted by molar-refractivity contribution is 7.16. The van der Waals surface area contributed by atoms with Gasteiger partial charge < -0.3 is 19.8 Å². The summed E-state index contributed by atoms with van der Waals surface area (Å²) in [5.41, 5.74) is 2.39. The zero-order valence-electron chi connectivity index (χ0n) is 18.0. The predicted octanol–water partition coefficient (Wildman–Crippen LogP) is 3.63.